The molecule has 0 spiro atoms. The SMILES string of the molecule is CCCSCCC(=O)N(C)CCC#N. The zero-order chi connectivity index (χ0) is 10.8. The molecule has 0 radical (unpaired) electrons. The lowest BCUT2D eigenvalue weighted by atomic mass is 10.3. The molecule has 1 amide bonds. The van der Waals surface area contributed by atoms with Crippen LogP contribution >= 0.6 is 11.8 Å². The molecule has 0 aliphatic heterocycles. The molecule has 0 saturated carbocycles. The van der Waals surface area contributed by atoms with E-state index >= 15 is 0 Å². The van der Waals surface area contributed by atoms with Crippen LogP contribution in [0.15, 0.2) is 0 Å². The van der Waals surface area contributed by atoms with Crippen LogP contribution in [0.1, 0.15) is 26.2 Å². The highest BCUT2D eigenvalue weighted by molar-refractivity contribution is 7.99. The van der Waals surface area contributed by atoms with Crippen molar-refractivity contribution in [3.8, 4) is 6.07 Å². The summed E-state index contributed by atoms with van der Waals surface area (Å²) in [4.78, 5) is 13.0. The van der Waals surface area contributed by atoms with Gasteiger partial charge >= 0.3 is 0 Å². The molecule has 0 fully saturated rings. The first-order valence-electron chi connectivity index (χ1n) is 4.91. The van der Waals surface area contributed by atoms with Gasteiger partial charge < -0.3 is 4.90 Å². The van der Waals surface area contributed by atoms with Crippen molar-refractivity contribution in [2.45, 2.75) is 26.2 Å². The molecule has 0 heterocycles. The summed E-state index contributed by atoms with van der Waals surface area (Å²) in [6.45, 7) is 2.68. The molecular formula is C10H18N2OS. The largest absolute Gasteiger partial charge is 0.345 e. The van der Waals surface area contributed by atoms with Crippen LogP contribution in [-0.4, -0.2) is 35.9 Å². The molecule has 0 aromatic heterocycles. The normalized spacial score (nSPS) is 9.50. The maximum Gasteiger partial charge on any atom is 0.223 e. The van der Waals surface area contributed by atoms with Gasteiger partial charge in [0.1, 0.15) is 0 Å². The van der Waals surface area contributed by atoms with E-state index in [1.54, 1.807) is 11.9 Å². The Balaban J connectivity index is 3.48. The van der Waals surface area contributed by atoms with Gasteiger partial charge in [0.2, 0.25) is 5.91 Å². The van der Waals surface area contributed by atoms with Crippen LogP contribution in [0.4, 0.5) is 0 Å². The Hall–Kier alpha value is -0.690. The average molecular weight is 214 g/mol. The predicted octanol–water partition coefficient (Wildman–Crippen LogP) is 1.89. The van der Waals surface area contributed by atoms with E-state index in [4.69, 9.17) is 5.26 Å². The molecule has 0 N–H and O–H groups in total. The summed E-state index contributed by atoms with van der Waals surface area (Å²) in [5.74, 6) is 2.16. The zero-order valence-electron chi connectivity index (χ0n) is 8.95. The first-order valence-corrected chi connectivity index (χ1v) is 6.06. The molecule has 0 aromatic carbocycles. The highest BCUT2D eigenvalue weighted by Gasteiger charge is 2.06. The van der Waals surface area contributed by atoms with Gasteiger partial charge in [-0.05, 0) is 12.2 Å². The number of carbonyl (C=O) groups is 1. The number of hydrogen-bond acceptors (Lipinski definition) is 3. The lowest BCUT2D eigenvalue weighted by Gasteiger charge is -2.14. The molecule has 0 bridgehead atoms. The first-order chi connectivity index (χ1) is 6.72. The number of thioether (sulfide) groups is 1. The Labute approximate surface area is 90.5 Å². The summed E-state index contributed by atoms with van der Waals surface area (Å²) in [6.07, 6.45) is 2.17. The van der Waals surface area contributed by atoms with E-state index in [1.807, 2.05) is 17.8 Å². The van der Waals surface area contributed by atoms with Crippen molar-refractivity contribution in [2.24, 2.45) is 0 Å². The quantitative estimate of drug-likeness (QED) is 0.608. The molecule has 4 heteroatoms. The monoisotopic (exact) mass is 214 g/mol. The van der Waals surface area contributed by atoms with Crippen molar-refractivity contribution in [1.29, 1.82) is 5.26 Å². The van der Waals surface area contributed by atoms with E-state index in [2.05, 4.69) is 6.92 Å². The number of rotatable bonds is 7. The minimum Gasteiger partial charge on any atom is -0.345 e. The molecule has 0 aliphatic rings. The molecular weight excluding hydrogens is 196 g/mol. The summed E-state index contributed by atoms with van der Waals surface area (Å²) in [5.41, 5.74) is 0. The minimum atomic E-state index is 0.142. The third kappa shape index (κ3) is 6.79. The van der Waals surface area contributed by atoms with Gasteiger partial charge in [-0.3, -0.25) is 4.79 Å². The lowest BCUT2D eigenvalue weighted by molar-refractivity contribution is -0.129. The fraction of sp³-hybridized carbons (Fsp3) is 0.800. The van der Waals surface area contributed by atoms with Crippen molar-refractivity contribution in [3.63, 3.8) is 0 Å². The summed E-state index contributed by atoms with van der Waals surface area (Å²) in [6, 6.07) is 2.03. The number of hydrogen-bond donors (Lipinski definition) is 0. The summed E-state index contributed by atoms with van der Waals surface area (Å²) in [7, 11) is 1.75. The Kier molecular flexibility index (Phi) is 8.45. The topological polar surface area (TPSA) is 44.1 Å². The molecule has 0 unspecified atom stereocenters. The number of amides is 1. The second kappa shape index (κ2) is 8.89. The third-order valence-electron chi connectivity index (χ3n) is 1.79. The Bertz CT molecular complexity index is 201. The summed E-state index contributed by atoms with van der Waals surface area (Å²) >= 11 is 1.81. The molecule has 0 rings (SSSR count). The van der Waals surface area contributed by atoms with Crippen LogP contribution in [0.2, 0.25) is 0 Å². The highest BCUT2D eigenvalue weighted by atomic mass is 32.2. The van der Waals surface area contributed by atoms with Crippen molar-refractivity contribution < 1.29 is 4.79 Å². The second-order valence-corrected chi connectivity index (χ2v) is 4.31. The Morgan fingerprint density at radius 1 is 1.50 bits per heavy atom. The van der Waals surface area contributed by atoms with Gasteiger partial charge in [-0.1, -0.05) is 6.92 Å². The third-order valence-corrected chi connectivity index (χ3v) is 2.98. The van der Waals surface area contributed by atoms with Crippen molar-refractivity contribution >= 4 is 17.7 Å². The standard InChI is InChI=1S/C10H18N2OS/c1-3-8-14-9-5-10(13)12(2)7-4-6-11/h3-5,7-9H2,1-2H3. The first kappa shape index (κ1) is 13.3. The maximum atomic E-state index is 11.4. The number of nitrogens with zero attached hydrogens (tertiary/aromatic N) is 2. The van der Waals surface area contributed by atoms with Crippen molar-refractivity contribution in [1.82, 2.24) is 4.90 Å². The summed E-state index contributed by atoms with van der Waals surface area (Å²) in [5, 5.41) is 8.35. The highest BCUT2D eigenvalue weighted by Crippen LogP contribution is 2.05. The van der Waals surface area contributed by atoms with E-state index in [0.717, 1.165) is 17.9 Å². The summed E-state index contributed by atoms with van der Waals surface area (Å²) < 4.78 is 0. The van der Waals surface area contributed by atoms with Gasteiger partial charge in [0, 0.05) is 25.8 Å². The fourth-order valence-electron chi connectivity index (χ4n) is 0.939. The molecule has 80 valence electrons. The van der Waals surface area contributed by atoms with Crippen LogP contribution in [0, 0.1) is 11.3 Å². The zero-order valence-corrected chi connectivity index (χ0v) is 9.77. The van der Waals surface area contributed by atoms with Crippen molar-refractivity contribution in [3.05, 3.63) is 0 Å². The molecule has 0 aromatic rings. The van der Waals surface area contributed by atoms with Crippen LogP contribution in [0.3, 0.4) is 0 Å². The van der Waals surface area contributed by atoms with E-state index in [0.29, 0.717) is 19.4 Å². The fourth-order valence-corrected chi connectivity index (χ4v) is 1.75. The molecule has 0 aliphatic carbocycles. The van der Waals surface area contributed by atoms with Crippen LogP contribution in [-0.2, 0) is 4.79 Å². The predicted molar refractivity (Wildman–Crippen MR) is 60.1 cm³/mol. The number of carbonyl (C=O) groups excluding carboxylic acids is 1. The van der Waals surface area contributed by atoms with E-state index in [9.17, 15) is 4.79 Å². The molecule has 0 saturated heterocycles. The lowest BCUT2D eigenvalue weighted by Crippen LogP contribution is -2.27. The van der Waals surface area contributed by atoms with Gasteiger partial charge in [0.25, 0.3) is 0 Å². The second-order valence-electron chi connectivity index (χ2n) is 3.09. The van der Waals surface area contributed by atoms with Gasteiger partial charge in [0.05, 0.1) is 12.5 Å². The van der Waals surface area contributed by atoms with Crippen LogP contribution in [0.25, 0.3) is 0 Å². The molecule has 3 nitrogen and oxygen atoms in total. The van der Waals surface area contributed by atoms with E-state index < -0.39 is 0 Å². The van der Waals surface area contributed by atoms with Gasteiger partial charge in [-0.15, -0.1) is 0 Å². The van der Waals surface area contributed by atoms with Gasteiger partial charge in [-0.2, -0.15) is 17.0 Å². The van der Waals surface area contributed by atoms with Gasteiger partial charge in [-0.25, -0.2) is 0 Å². The van der Waals surface area contributed by atoms with Crippen LogP contribution < -0.4 is 0 Å². The van der Waals surface area contributed by atoms with Crippen LogP contribution in [0.5, 0.6) is 0 Å². The average Bonchev–Trinajstić information content (AvgIpc) is 2.20. The van der Waals surface area contributed by atoms with E-state index in [1.165, 1.54) is 0 Å². The Morgan fingerprint density at radius 2 is 2.21 bits per heavy atom. The number of nitriles is 1. The van der Waals surface area contributed by atoms with Crippen molar-refractivity contribution in [2.75, 3.05) is 25.1 Å². The minimum absolute atomic E-state index is 0.142. The van der Waals surface area contributed by atoms with E-state index in [-0.39, 0.29) is 5.91 Å². The Morgan fingerprint density at radius 3 is 2.79 bits per heavy atom. The molecule has 0 atom stereocenters. The maximum absolute atomic E-state index is 11.4. The smallest absolute Gasteiger partial charge is 0.223 e. The van der Waals surface area contributed by atoms with Gasteiger partial charge in [0.15, 0.2) is 0 Å². The molecule has 14 heavy (non-hydrogen) atoms.